The molecule has 0 aliphatic heterocycles. The maximum atomic E-state index is 12.5. The van der Waals surface area contributed by atoms with Gasteiger partial charge in [-0.3, -0.25) is 9.59 Å². The molecule has 0 saturated heterocycles. The number of fused-ring (bicyclic) bond motifs is 1. The van der Waals surface area contributed by atoms with Gasteiger partial charge in [0.25, 0.3) is 11.8 Å². The Morgan fingerprint density at radius 3 is 2.44 bits per heavy atom. The fourth-order valence-corrected chi connectivity index (χ4v) is 2.88. The van der Waals surface area contributed by atoms with Gasteiger partial charge in [-0.25, -0.2) is 0 Å². The number of aryl methyl sites for hydroxylation is 1. The maximum Gasteiger partial charge on any atom is 0.268 e. The lowest BCUT2D eigenvalue weighted by molar-refractivity contribution is 0.0939. The van der Waals surface area contributed by atoms with Crippen molar-refractivity contribution >= 4 is 34.3 Å². The maximum absolute atomic E-state index is 12.5. The lowest BCUT2D eigenvalue weighted by atomic mass is 10.1. The molecule has 2 N–H and O–H groups in total. The van der Waals surface area contributed by atoms with Gasteiger partial charge in [0.15, 0.2) is 0 Å². The topological polar surface area (TPSA) is 63.1 Å². The number of halogens is 1. The van der Waals surface area contributed by atoms with E-state index in [9.17, 15) is 9.59 Å². The van der Waals surface area contributed by atoms with Gasteiger partial charge in [-0.1, -0.05) is 29.8 Å². The molecule has 3 rings (SSSR count). The van der Waals surface area contributed by atoms with Crippen molar-refractivity contribution in [3.63, 3.8) is 0 Å². The molecule has 0 saturated carbocycles. The van der Waals surface area contributed by atoms with Gasteiger partial charge < -0.3 is 15.2 Å². The number of aromatic nitrogens is 1. The van der Waals surface area contributed by atoms with E-state index in [1.54, 1.807) is 25.2 Å². The standard InChI is InChI=1S/C19H18ClN3O2/c1-21-18(24)13-5-3-12(4-6-13)11-22-19(25)17-9-14-7-8-15(20)10-16(14)23(17)2/h3-10H,11H2,1-2H3,(H,21,24)(H,22,25). The second kappa shape index (κ2) is 6.99. The monoisotopic (exact) mass is 355 g/mol. The Labute approximate surface area is 150 Å². The highest BCUT2D eigenvalue weighted by atomic mass is 35.5. The molecule has 5 nitrogen and oxygen atoms in total. The zero-order valence-electron chi connectivity index (χ0n) is 14.0. The molecule has 6 heteroatoms. The van der Waals surface area contributed by atoms with Crippen molar-refractivity contribution < 1.29 is 9.59 Å². The van der Waals surface area contributed by atoms with Crippen LogP contribution in [0.15, 0.2) is 48.5 Å². The minimum atomic E-state index is -0.162. The van der Waals surface area contributed by atoms with Crippen LogP contribution in [0.3, 0.4) is 0 Å². The molecule has 0 aliphatic rings. The first-order valence-electron chi connectivity index (χ1n) is 7.84. The van der Waals surface area contributed by atoms with Crippen LogP contribution in [0.25, 0.3) is 10.9 Å². The van der Waals surface area contributed by atoms with Gasteiger partial charge in [0.05, 0.1) is 0 Å². The number of rotatable bonds is 4. The summed E-state index contributed by atoms with van der Waals surface area (Å²) in [5.41, 5.74) is 2.98. The van der Waals surface area contributed by atoms with Crippen molar-refractivity contribution in [1.82, 2.24) is 15.2 Å². The lowest BCUT2D eigenvalue weighted by Crippen LogP contribution is -2.25. The molecule has 1 heterocycles. The summed E-state index contributed by atoms with van der Waals surface area (Å²) in [5.74, 6) is -0.296. The highest BCUT2D eigenvalue weighted by Crippen LogP contribution is 2.22. The number of hydrogen-bond acceptors (Lipinski definition) is 2. The van der Waals surface area contributed by atoms with Crippen LogP contribution in [0.2, 0.25) is 5.02 Å². The summed E-state index contributed by atoms with van der Waals surface area (Å²) in [5, 5.41) is 7.08. The van der Waals surface area contributed by atoms with Gasteiger partial charge in [-0.2, -0.15) is 0 Å². The Morgan fingerprint density at radius 2 is 1.76 bits per heavy atom. The van der Waals surface area contributed by atoms with Crippen LogP contribution in [-0.4, -0.2) is 23.4 Å². The summed E-state index contributed by atoms with van der Waals surface area (Å²) >= 11 is 6.02. The van der Waals surface area contributed by atoms with Crippen molar-refractivity contribution in [3.8, 4) is 0 Å². The van der Waals surface area contributed by atoms with E-state index < -0.39 is 0 Å². The van der Waals surface area contributed by atoms with E-state index in [0.29, 0.717) is 22.8 Å². The first-order chi connectivity index (χ1) is 12.0. The fourth-order valence-electron chi connectivity index (χ4n) is 2.71. The van der Waals surface area contributed by atoms with Crippen LogP contribution in [0.5, 0.6) is 0 Å². The van der Waals surface area contributed by atoms with Gasteiger partial charge in [0.2, 0.25) is 0 Å². The predicted molar refractivity (Wildman–Crippen MR) is 98.9 cm³/mol. The van der Waals surface area contributed by atoms with Gasteiger partial charge in [-0.15, -0.1) is 0 Å². The number of nitrogens with zero attached hydrogens (tertiary/aromatic N) is 1. The molecule has 1 aromatic heterocycles. The number of hydrogen-bond donors (Lipinski definition) is 2. The van der Waals surface area contributed by atoms with Crippen molar-refractivity contribution in [2.24, 2.45) is 7.05 Å². The van der Waals surface area contributed by atoms with E-state index in [1.165, 1.54) is 0 Å². The SMILES string of the molecule is CNC(=O)c1ccc(CNC(=O)c2cc3ccc(Cl)cc3n2C)cc1. The summed E-state index contributed by atoms with van der Waals surface area (Å²) in [4.78, 5) is 24.0. The van der Waals surface area contributed by atoms with Crippen LogP contribution in [0.1, 0.15) is 26.4 Å². The summed E-state index contributed by atoms with van der Waals surface area (Å²) in [6, 6.07) is 14.5. The van der Waals surface area contributed by atoms with E-state index in [2.05, 4.69) is 10.6 Å². The van der Waals surface area contributed by atoms with Crippen molar-refractivity contribution in [1.29, 1.82) is 0 Å². The van der Waals surface area contributed by atoms with E-state index in [-0.39, 0.29) is 11.8 Å². The minimum absolute atomic E-state index is 0.134. The third-order valence-electron chi connectivity index (χ3n) is 4.14. The molecule has 25 heavy (non-hydrogen) atoms. The normalized spacial score (nSPS) is 10.7. The smallest absolute Gasteiger partial charge is 0.268 e. The van der Waals surface area contributed by atoms with Gasteiger partial charge >= 0.3 is 0 Å². The first kappa shape index (κ1) is 17.0. The van der Waals surface area contributed by atoms with Crippen molar-refractivity contribution in [3.05, 3.63) is 70.4 Å². The number of nitrogens with one attached hydrogen (secondary N) is 2. The third-order valence-corrected chi connectivity index (χ3v) is 4.37. The number of carbonyl (C=O) groups excluding carboxylic acids is 2. The fraction of sp³-hybridized carbons (Fsp3) is 0.158. The number of amides is 2. The zero-order valence-corrected chi connectivity index (χ0v) is 14.7. The molecule has 0 atom stereocenters. The van der Waals surface area contributed by atoms with Crippen LogP contribution >= 0.6 is 11.6 Å². The highest BCUT2D eigenvalue weighted by Gasteiger charge is 2.13. The van der Waals surface area contributed by atoms with Crippen LogP contribution in [-0.2, 0) is 13.6 Å². The van der Waals surface area contributed by atoms with E-state index >= 15 is 0 Å². The molecular weight excluding hydrogens is 338 g/mol. The van der Waals surface area contributed by atoms with E-state index in [1.807, 2.05) is 41.9 Å². The van der Waals surface area contributed by atoms with Gasteiger partial charge in [0, 0.05) is 42.1 Å². The molecule has 2 aromatic carbocycles. The third kappa shape index (κ3) is 3.51. The van der Waals surface area contributed by atoms with E-state index in [0.717, 1.165) is 16.5 Å². The summed E-state index contributed by atoms with van der Waals surface area (Å²) < 4.78 is 1.82. The second-order valence-electron chi connectivity index (χ2n) is 5.75. The van der Waals surface area contributed by atoms with Crippen LogP contribution in [0.4, 0.5) is 0 Å². The van der Waals surface area contributed by atoms with Crippen molar-refractivity contribution in [2.75, 3.05) is 7.05 Å². The van der Waals surface area contributed by atoms with Crippen LogP contribution in [0, 0.1) is 0 Å². The minimum Gasteiger partial charge on any atom is -0.355 e. The molecule has 0 radical (unpaired) electrons. The number of benzene rings is 2. The number of carbonyl (C=O) groups is 2. The molecule has 0 spiro atoms. The molecule has 0 fully saturated rings. The Bertz CT molecular complexity index is 945. The Kier molecular flexibility index (Phi) is 4.76. The molecule has 128 valence electrons. The molecule has 3 aromatic rings. The average molecular weight is 356 g/mol. The summed E-state index contributed by atoms with van der Waals surface area (Å²) in [6.45, 7) is 0.384. The molecule has 0 bridgehead atoms. The quantitative estimate of drug-likeness (QED) is 0.755. The van der Waals surface area contributed by atoms with Gasteiger partial charge in [0.1, 0.15) is 5.69 Å². The average Bonchev–Trinajstić information content (AvgIpc) is 2.96. The Balaban J connectivity index is 1.72. The first-order valence-corrected chi connectivity index (χ1v) is 8.21. The van der Waals surface area contributed by atoms with E-state index in [4.69, 9.17) is 11.6 Å². The Morgan fingerprint density at radius 1 is 1.04 bits per heavy atom. The molecular formula is C19H18ClN3O2. The second-order valence-corrected chi connectivity index (χ2v) is 6.19. The molecule has 0 aliphatic carbocycles. The predicted octanol–water partition coefficient (Wildman–Crippen LogP) is 3.12. The summed E-state index contributed by atoms with van der Waals surface area (Å²) in [7, 11) is 3.43. The molecule has 2 amide bonds. The lowest BCUT2D eigenvalue weighted by Gasteiger charge is -2.07. The van der Waals surface area contributed by atoms with Gasteiger partial charge in [-0.05, 0) is 35.9 Å². The highest BCUT2D eigenvalue weighted by molar-refractivity contribution is 6.31. The Hall–Kier alpha value is -2.79. The van der Waals surface area contributed by atoms with Crippen molar-refractivity contribution in [2.45, 2.75) is 6.54 Å². The zero-order chi connectivity index (χ0) is 18.0. The van der Waals surface area contributed by atoms with Crippen LogP contribution < -0.4 is 10.6 Å². The summed E-state index contributed by atoms with van der Waals surface area (Å²) in [6.07, 6.45) is 0. The largest absolute Gasteiger partial charge is 0.355 e. The molecule has 0 unspecified atom stereocenters.